The Morgan fingerprint density at radius 1 is 1.00 bits per heavy atom. The molecule has 1 aromatic heterocycles. The molecule has 11 heteroatoms. The van der Waals surface area contributed by atoms with Crippen molar-refractivity contribution >= 4 is 35.1 Å². The van der Waals surface area contributed by atoms with Crippen molar-refractivity contribution in [1.82, 2.24) is 20.2 Å². The second-order valence-corrected chi connectivity index (χ2v) is 17.4. The molecule has 2 amide bonds. The van der Waals surface area contributed by atoms with E-state index in [0.29, 0.717) is 29.1 Å². The maximum Gasteiger partial charge on any atom is 0.405 e. The van der Waals surface area contributed by atoms with Crippen molar-refractivity contribution in [3.05, 3.63) is 65.9 Å². The zero-order chi connectivity index (χ0) is 39.9. The maximum atomic E-state index is 14.2. The number of likely N-dealkylation sites (tertiary alicyclic amines) is 1. The summed E-state index contributed by atoms with van der Waals surface area (Å²) < 4.78 is 18.6. The summed E-state index contributed by atoms with van der Waals surface area (Å²) in [5.41, 5.74) is 1.23. The van der Waals surface area contributed by atoms with Crippen LogP contribution in [-0.2, 0) is 20.9 Å². The fourth-order valence-electron chi connectivity index (χ4n) is 7.71. The van der Waals surface area contributed by atoms with Crippen molar-refractivity contribution in [3.8, 4) is 11.6 Å². The number of rotatable bonds is 14. The Morgan fingerprint density at radius 3 is 2.38 bits per heavy atom. The lowest BCUT2D eigenvalue weighted by molar-refractivity contribution is -0.165. The fraction of sp³-hybridized carbons (Fsp3) is 0.568. The molecule has 3 aromatic rings. The average Bonchev–Trinajstić information content (AvgIpc) is 3.72. The van der Waals surface area contributed by atoms with Gasteiger partial charge in [0.1, 0.15) is 41.8 Å². The first-order chi connectivity index (χ1) is 26.0. The Bertz CT molecular complexity index is 1820. The van der Waals surface area contributed by atoms with Crippen molar-refractivity contribution in [2.24, 2.45) is 23.2 Å². The van der Waals surface area contributed by atoms with Crippen LogP contribution in [-0.4, -0.2) is 68.3 Å². The first-order valence-electron chi connectivity index (χ1n) is 19.9. The number of fused-ring (bicyclic) bond motifs is 1. The van der Waals surface area contributed by atoms with E-state index in [1.807, 2.05) is 61.5 Å². The summed E-state index contributed by atoms with van der Waals surface area (Å²) in [4.78, 5) is 51.2. The molecule has 6 atom stereocenters. The van der Waals surface area contributed by atoms with Crippen LogP contribution in [0.3, 0.4) is 0 Å². The van der Waals surface area contributed by atoms with Crippen LogP contribution in [0.5, 0.6) is 11.6 Å². The molecule has 2 N–H and O–H groups in total. The van der Waals surface area contributed by atoms with Gasteiger partial charge in [-0.15, -0.1) is 0 Å². The summed E-state index contributed by atoms with van der Waals surface area (Å²) in [6, 6.07) is 13.4. The number of benzene rings is 2. The van der Waals surface area contributed by atoms with E-state index in [0.717, 1.165) is 30.2 Å². The Balaban J connectivity index is 1.44. The van der Waals surface area contributed by atoms with Gasteiger partial charge >= 0.3 is 12.1 Å². The third kappa shape index (κ3) is 11.2. The minimum Gasteiger partial charge on any atom is -0.489 e. The molecule has 0 bridgehead atoms. The molecule has 0 radical (unpaired) electrons. The van der Waals surface area contributed by atoms with Crippen LogP contribution < -0.4 is 14.8 Å². The average molecular weight is 757 g/mol. The molecular formula is C44H60N4O7. The zero-order valence-electron chi connectivity index (χ0n) is 33.8. The number of esters is 1. The minimum atomic E-state index is -1.33. The summed E-state index contributed by atoms with van der Waals surface area (Å²) >= 11 is 0. The lowest BCUT2D eigenvalue weighted by Gasteiger charge is -2.35. The van der Waals surface area contributed by atoms with Gasteiger partial charge in [-0.25, -0.2) is 19.6 Å². The fourth-order valence-corrected chi connectivity index (χ4v) is 7.71. The quantitative estimate of drug-likeness (QED) is 0.122. The van der Waals surface area contributed by atoms with Crippen molar-refractivity contribution in [3.63, 3.8) is 0 Å². The van der Waals surface area contributed by atoms with Crippen molar-refractivity contribution in [2.75, 3.05) is 6.54 Å². The second kappa shape index (κ2) is 17.9. The van der Waals surface area contributed by atoms with Crippen LogP contribution in [0.4, 0.5) is 4.79 Å². The van der Waals surface area contributed by atoms with E-state index in [-0.39, 0.29) is 12.4 Å². The molecule has 2 heterocycles. The summed E-state index contributed by atoms with van der Waals surface area (Å²) in [7, 11) is 0. The van der Waals surface area contributed by atoms with Crippen molar-refractivity contribution in [1.29, 1.82) is 0 Å². The molecule has 55 heavy (non-hydrogen) atoms. The number of unbranched alkanes of at least 4 members (excludes halogenated alkanes) is 1. The van der Waals surface area contributed by atoms with Gasteiger partial charge < -0.3 is 29.5 Å². The molecule has 2 aliphatic rings. The molecule has 0 spiro atoms. The van der Waals surface area contributed by atoms with Gasteiger partial charge in [-0.2, -0.15) is 0 Å². The Kier molecular flexibility index (Phi) is 13.5. The number of hydrogen-bond donors (Lipinski definition) is 2. The highest BCUT2D eigenvalue weighted by molar-refractivity contribution is 5.91. The summed E-state index contributed by atoms with van der Waals surface area (Å²) in [6.07, 6.45) is 10.5. The number of nitrogens with one attached hydrogen (secondary N) is 1. The molecule has 1 aliphatic carbocycles. The number of hydrogen-bond acceptors (Lipinski definition) is 8. The number of amides is 2. The largest absolute Gasteiger partial charge is 0.489 e. The highest BCUT2D eigenvalue weighted by Crippen LogP contribution is 2.37. The number of carboxylic acid groups (broad SMARTS) is 1. The van der Waals surface area contributed by atoms with Gasteiger partial charge in [0.05, 0.1) is 17.6 Å². The van der Waals surface area contributed by atoms with E-state index in [1.165, 1.54) is 37.0 Å². The van der Waals surface area contributed by atoms with E-state index < -0.39 is 53.1 Å². The molecule has 1 saturated carbocycles. The zero-order valence-corrected chi connectivity index (χ0v) is 33.8. The number of allylic oxidation sites excluding steroid dienone is 1. The van der Waals surface area contributed by atoms with Gasteiger partial charge in [-0.1, -0.05) is 96.7 Å². The summed E-state index contributed by atoms with van der Waals surface area (Å²) in [6.45, 7) is 15.2. The monoisotopic (exact) mass is 756 g/mol. The van der Waals surface area contributed by atoms with Gasteiger partial charge in [0.15, 0.2) is 0 Å². The van der Waals surface area contributed by atoms with Crippen LogP contribution in [0.2, 0.25) is 0 Å². The molecule has 2 aromatic carbocycles. The predicted molar refractivity (Wildman–Crippen MR) is 214 cm³/mol. The lowest BCUT2D eigenvalue weighted by atomic mass is 9.85. The minimum absolute atomic E-state index is 0.0149. The van der Waals surface area contributed by atoms with Gasteiger partial charge in [0.25, 0.3) is 0 Å². The van der Waals surface area contributed by atoms with E-state index in [9.17, 15) is 19.5 Å². The van der Waals surface area contributed by atoms with Crippen LogP contribution in [0.25, 0.3) is 17.1 Å². The number of carbonyl (C=O) groups is 3. The highest BCUT2D eigenvalue weighted by Gasteiger charge is 2.51. The van der Waals surface area contributed by atoms with Gasteiger partial charge in [-0.3, -0.25) is 4.79 Å². The Morgan fingerprint density at radius 2 is 1.73 bits per heavy atom. The van der Waals surface area contributed by atoms with Crippen molar-refractivity contribution in [2.45, 2.75) is 131 Å². The lowest BCUT2D eigenvalue weighted by Crippen LogP contribution is -2.57. The summed E-state index contributed by atoms with van der Waals surface area (Å²) in [5.74, 6) is 0.928. The molecule has 2 fully saturated rings. The van der Waals surface area contributed by atoms with E-state index in [4.69, 9.17) is 24.2 Å². The highest BCUT2D eigenvalue weighted by atomic mass is 16.6. The van der Waals surface area contributed by atoms with Gasteiger partial charge in [0.2, 0.25) is 11.8 Å². The smallest absolute Gasteiger partial charge is 0.405 e. The van der Waals surface area contributed by atoms with E-state index >= 15 is 0 Å². The molecule has 11 nitrogen and oxygen atoms in total. The van der Waals surface area contributed by atoms with Crippen LogP contribution in [0, 0.1) is 23.2 Å². The molecule has 5 rings (SSSR count). The second-order valence-electron chi connectivity index (χ2n) is 17.4. The molecule has 1 aliphatic heterocycles. The Labute approximate surface area is 326 Å². The first kappa shape index (κ1) is 41.5. The normalized spacial score (nSPS) is 22.2. The number of carbonyl (C=O) groups excluding carboxylic acids is 2. The molecule has 6 unspecified atom stereocenters. The molecule has 298 valence electrons. The van der Waals surface area contributed by atoms with Crippen molar-refractivity contribution < 1.29 is 33.7 Å². The predicted octanol–water partition coefficient (Wildman–Crippen LogP) is 8.84. The van der Waals surface area contributed by atoms with Crippen LogP contribution in [0.15, 0.2) is 54.6 Å². The standard InChI is InChI=1S/C44H60N4O7/c1-9-29-20-21-30(24-29)16-12-11-15-19-34-39(46-35-25-32(22-23-33(35)45-34)53-27-31-17-13-10-14-18-31)54-36-26-48(37(28(36)2)41(50)55-44(6,7)8)40(49)38(43(3,4)5)47-42(51)52/h10,13-15,17-19,22-23,25,28-30,36-38,47H,9,11-12,16,20-21,24,26-27H2,1-8H3,(H,51,52). The molecular weight excluding hydrogens is 697 g/mol. The topological polar surface area (TPSA) is 140 Å². The third-order valence-electron chi connectivity index (χ3n) is 10.7. The number of ether oxygens (including phenoxy) is 3. The summed E-state index contributed by atoms with van der Waals surface area (Å²) in [5, 5.41) is 12.0. The SMILES string of the molecule is CCC1CCC(CCCC=Cc2nc3ccc(OCc4ccccc4)cc3nc2OC2CN(C(=O)C(NC(=O)O)C(C)(C)C)C(C(=O)OC(C)(C)C)C2C)C1. The van der Waals surface area contributed by atoms with Crippen LogP contribution in [0.1, 0.15) is 112 Å². The van der Waals surface area contributed by atoms with E-state index in [1.54, 1.807) is 41.5 Å². The molecule has 1 saturated heterocycles. The van der Waals surface area contributed by atoms with Gasteiger partial charge in [0, 0.05) is 12.0 Å². The number of nitrogens with zero attached hydrogens (tertiary/aromatic N) is 3. The third-order valence-corrected chi connectivity index (χ3v) is 10.7. The maximum absolute atomic E-state index is 14.2. The van der Waals surface area contributed by atoms with E-state index in [2.05, 4.69) is 18.3 Å². The van der Waals surface area contributed by atoms with Gasteiger partial charge in [-0.05, 0) is 81.1 Å². The first-order valence-corrected chi connectivity index (χ1v) is 19.9. The Hall–Kier alpha value is -4.67. The number of aromatic nitrogens is 2. The van der Waals surface area contributed by atoms with Crippen LogP contribution >= 0.6 is 0 Å².